The van der Waals surface area contributed by atoms with Crippen LogP contribution in [0.2, 0.25) is 10.0 Å². The molecule has 21 heavy (non-hydrogen) atoms. The van der Waals surface area contributed by atoms with Gasteiger partial charge >= 0.3 is 0 Å². The van der Waals surface area contributed by atoms with E-state index in [0.717, 1.165) is 23.7 Å². The largest absolute Gasteiger partial charge is 0.492 e. The second-order valence-corrected chi connectivity index (χ2v) is 5.70. The van der Waals surface area contributed by atoms with Gasteiger partial charge in [0.1, 0.15) is 12.4 Å². The summed E-state index contributed by atoms with van der Waals surface area (Å²) in [5.41, 5.74) is 1.17. The lowest BCUT2D eigenvalue weighted by Gasteiger charge is -2.19. The van der Waals surface area contributed by atoms with E-state index in [1.807, 2.05) is 48.5 Å². The molecule has 1 unspecified atom stereocenters. The van der Waals surface area contributed by atoms with Gasteiger partial charge in [-0.1, -0.05) is 42.3 Å². The fourth-order valence-electron chi connectivity index (χ4n) is 2.00. The van der Waals surface area contributed by atoms with Gasteiger partial charge in [-0.15, -0.1) is 0 Å². The van der Waals surface area contributed by atoms with Gasteiger partial charge in [0.25, 0.3) is 0 Å². The average molecular weight is 324 g/mol. The van der Waals surface area contributed by atoms with Crippen LogP contribution in [0.15, 0.2) is 48.5 Å². The highest BCUT2D eigenvalue weighted by molar-refractivity contribution is 6.30. The Labute approximate surface area is 136 Å². The normalized spacial score (nSPS) is 12.1. The number of halogens is 2. The van der Waals surface area contributed by atoms with Crippen molar-refractivity contribution >= 4 is 23.2 Å². The van der Waals surface area contributed by atoms with Crippen molar-refractivity contribution in [3.63, 3.8) is 0 Å². The maximum Gasteiger partial charge on any atom is 0.119 e. The van der Waals surface area contributed by atoms with Gasteiger partial charge < -0.3 is 10.1 Å². The Balaban J connectivity index is 2.02. The quantitative estimate of drug-likeness (QED) is 0.764. The number of benzene rings is 2. The van der Waals surface area contributed by atoms with Gasteiger partial charge in [0, 0.05) is 10.0 Å². The number of rotatable bonds is 7. The maximum atomic E-state index is 5.94. The summed E-state index contributed by atoms with van der Waals surface area (Å²) in [6.07, 6.45) is 1.07. The first-order valence-corrected chi connectivity index (χ1v) is 7.82. The van der Waals surface area contributed by atoms with Crippen molar-refractivity contribution in [1.82, 2.24) is 5.32 Å². The zero-order chi connectivity index (χ0) is 15.1. The van der Waals surface area contributed by atoms with Crippen LogP contribution >= 0.6 is 23.2 Å². The first kappa shape index (κ1) is 16.2. The average Bonchev–Trinajstić information content (AvgIpc) is 2.50. The summed E-state index contributed by atoms with van der Waals surface area (Å²) in [4.78, 5) is 0. The van der Waals surface area contributed by atoms with Gasteiger partial charge in [-0.2, -0.15) is 0 Å². The fraction of sp³-hybridized carbons (Fsp3) is 0.294. The third-order valence-corrected chi connectivity index (χ3v) is 3.65. The lowest BCUT2D eigenvalue weighted by atomic mass is 10.1. The van der Waals surface area contributed by atoms with E-state index in [0.29, 0.717) is 11.6 Å². The molecule has 1 atom stereocenters. The minimum Gasteiger partial charge on any atom is -0.492 e. The topological polar surface area (TPSA) is 21.3 Å². The second-order valence-electron chi connectivity index (χ2n) is 4.82. The molecule has 0 amide bonds. The maximum absolute atomic E-state index is 5.94. The van der Waals surface area contributed by atoms with E-state index in [1.54, 1.807) is 0 Å². The molecule has 0 saturated carbocycles. The highest BCUT2D eigenvalue weighted by atomic mass is 35.5. The summed E-state index contributed by atoms with van der Waals surface area (Å²) in [7, 11) is 0. The first-order valence-electron chi connectivity index (χ1n) is 7.06. The lowest BCUT2D eigenvalue weighted by Crippen LogP contribution is -2.27. The zero-order valence-corrected chi connectivity index (χ0v) is 13.5. The standard InChI is InChI=1S/C17H19Cl2NO/c1-2-11-20-17(13-3-5-14(18)6-4-13)12-21-16-9-7-15(19)8-10-16/h3-10,17,20H,2,11-12H2,1H3. The molecule has 0 spiro atoms. The molecule has 0 saturated heterocycles. The first-order chi connectivity index (χ1) is 10.2. The fourth-order valence-corrected chi connectivity index (χ4v) is 2.25. The predicted octanol–water partition coefficient (Wildman–Crippen LogP) is 5.11. The molecule has 0 radical (unpaired) electrons. The van der Waals surface area contributed by atoms with Crippen molar-refractivity contribution in [2.75, 3.05) is 13.2 Å². The molecule has 2 aromatic rings. The molecular formula is C17H19Cl2NO. The summed E-state index contributed by atoms with van der Waals surface area (Å²) in [5, 5.41) is 4.94. The molecular weight excluding hydrogens is 305 g/mol. The van der Waals surface area contributed by atoms with E-state index in [1.165, 1.54) is 5.56 Å². The summed E-state index contributed by atoms with van der Waals surface area (Å²) in [5.74, 6) is 0.816. The molecule has 0 bridgehead atoms. The van der Waals surface area contributed by atoms with Gasteiger partial charge in [-0.3, -0.25) is 0 Å². The molecule has 2 aromatic carbocycles. The molecule has 0 aliphatic heterocycles. The van der Waals surface area contributed by atoms with E-state index in [-0.39, 0.29) is 6.04 Å². The van der Waals surface area contributed by atoms with Gasteiger partial charge in [0.2, 0.25) is 0 Å². The van der Waals surface area contributed by atoms with Gasteiger partial charge in [0.05, 0.1) is 6.04 Å². The van der Waals surface area contributed by atoms with Crippen LogP contribution in [0, 0.1) is 0 Å². The highest BCUT2D eigenvalue weighted by Crippen LogP contribution is 2.20. The number of hydrogen-bond acceptors (Lipinski definition) is 2. The van der Waals surface area contributed by atoms with Crippen molar-refractivity contribution in [2.45, 2.75) is 19.4 Å². The minimum absolute atomic E-state index is 0.137. The van der Waals surface area contributed by atoms with Crippen LogP contribution in [0.5, 0.6) is 5.75 Å². The van der Waals surface area contributed by atoms with Crippen LogP contribution in [-0.4, -0.2) is 13.2 Å². The van der Waals surface area contributed by atoms with E-state index in [2.05, 4.69) is 12.2 Å². The van der Waals surface area contributed by atoms with E-state index < -0.39 is 0 Å². The third kappa shape index (κ3) is 5.24. The van der Waals surface area contributed by atoms with E-state index in [9.17, 15) is 0 Å². The van der Waals surface area contributed by atoms with Crippen molar-refractivity contribution in [3.05, 3.63) is 64.1 Å². The lowest BCUT2D eigenvalue weighted by molar-refractivity contribution is 0.266. The molecule has 4 heteroatoms. The van der Waals surface area contributed by atoms with Gasteiger partial charge in [-0.25, -0.2) is 0 Å². The monoisotopic (exact) mass is 323 g/mol. The zero-order valence-electron chi connectivity index (χ0n) is 12.0. The van der Waals surface area contributed by atoms with Crippen molar-refractivity contribution in [3.8, 4) is 5.75 Å². The van der Waals surface area contributed by atoms with E-state index >= 15 is 0 Å². The molecule has 1 N–H and O–H groups in total. The van der Waals surface area contributed by atoms with Crippen LogP contribution in [0.1, 0.15) is 24.9 Å². The molecule has 0 aliphatic carbocycles. The number of ether oxygens (including phenoxy) is 1. The molecule has 0 aromatic heterocycles. The van der Waals surface area contributed by atoms with Crippen LogP contribution in [0.3, 0.4) is 0 Å². The van der Waals surface area contributed by atoms with Crippen molar-refractivity contribution in [2.24, 2.45) is 0 Å². The minimum atomic E-state index is 0.137. The smallest absolute Gasteiger partial charge is 0.119 e. The third-order valence-electron chi connectivity index (χ3n) is 3.14. The Morgan fingerprint density at radius 1 is 0.952 bits per heavy atom. The Kier molecular flexibility index (Phi) is 6.37. The number of nitrogens with one attached hydrogen (secondary N) is 1. The van der Waals surface area contributed by atoms with E-state index in [4.69, 9.17) is 27.9 Å². The second kappa shape index (κ2) is 8.28. The molecule has 0 aliphatic rings. The molecule has 2 rings (SSSR count). The molecule has 0 fully saturated rings. The number of hydrogen-bond donors (Lipinski definition) is 1. The Bertz CT molecular complexity index is 540. The summed E-state index contributed by atoms with van der Waals surface area (Å²) in [6.45, 7) is 3.65. The summed E-state index contributed by atoms with van der Waals surface area (Å²) in [6, 6.07) is 15.4. The Morgan fingerprint density at radius 3 is 2.10 bits per heavy atom. The molecule has 0 heterocycles. The molecule has 112 valence electrons. The van der Waals surface area contributed by atoms with Gasteiger partial charge in [0.15, 0.2) is 0 Å². The van der Waals surface area contributed by atoms with Crippen LogP contribution in [0.4, 0.5) is 0 Å². The summed E-state index contributed by atoms with van der Waals surface area (Å²) < 4.78 is 5.85. The molecule has 2 nitrogen and oxygen atoms in total. The predicted molar refractivity (Wildman–Crippen MR) is 89.4 cm³/mol. The summed E-state index contributed by atoms with van der Waals surface area (Å²) >= 11 is 11.8. The van der Waals surface area contributed by atoms with Crippen LogP contribution in [0.25, 0.3) is 0 Å². The van der Waals surface area contributed by atoms with Crippen molar-refractivity contribution in [1.29, 1.82) is 0 Å². The SMILES string of the molecule is CCCNC(COc1ccc(Cl)cc1)c1ccc(Cl)cc1. The Morgan fingerprint density at radius 2 is 1.52 bits per heavy atom. The highest BCUT2D eigenvalue weighted by Gasteiger charge is 2.11. The Hall–Kier alpha value is -1.22. The van der Waals surface area contributed by atoms with Gasteiger partial charge in [-0.05, 0) is 54.9 Å². The van der Waals surface area contributed by atoms with Crippen molar-refractivity contribution < 1.29 is 4.74 Å². The van der Waals surface area contributed by atoms with Crippen LogP contribution in [-0.2, 0) is 0 Å². The van der Waals surface area contributed by atoms with Crippen LogP contribution < -0.4 is 10.1 Å².